The first-order valence-electron chi connectivity index (χ1n) is 9.92. The Morgan fingerprint density at radius 3 is 2.66 bits per heavy atom. The number of carbonyl (C=O) groups is 1. The van der Waals surface area contributed by atoms with Crippen molar-refractivity contribution in [2.24, 2.45) is 5.92 Å². The Hall–Kier alpha value is -2.79. The van der Waals surface area contributed by atoms with Crippen molar-refractivity contribution in [3.8, 4) is 11.3 Å². The van der Waals surface area contributed by atoms with Crippen molar-refractivity contribution in [3.63, 3.8) is 0 Å². The quantitative estimate of drug-likeness (QED) is 0.591. The summed E-state index contributed by atoms with van der Waals surface area (Å²) in [5.74, 6) is 1.90. The first-order chi connectivity index (χ1) is 14.1. The van der Waals surface area contributed by atoms with Gasteiger partial charge < -0.3 is 14.6 Å². The third-order valence-electron chi connectivity index (χ3n) is 5.19. The number of benzene rings is 2. The summed E-state index contributed by atoms with van der Waals surface area (Å²) in [5, 5.41) is 3.62. The minimum atomic E-state index is -0.0567. The number of nitrogens with one attached hydrogen (secondary N) is 1. The molecule has 2 aromatic carbocycles. The van der Waals surface area contributed by atoms with Gasteiger partial charge in [-0.15, -0.1) is 0 Å². The predicted octanol–water partition coefficient (Wildman–Crippen LogP) is 5.41. The van der Waals surface area contributed by atoms with Crippen molar-refractivity contribution in [1.29, 1.82) is 0 Å². The zero-order valence-corrected chi connectivity index (χ0v) is 17.2. The molecule has 0 aliphatic carbocycles. The number of aryl methyl sites for hydroxylation is 1. The van der Waals surface area contributed by atoms with E-state index < -0.39 is 0 Å². The fraction of sp³-hybridized carbons (Fsp3) is 0.304. The molecule has 1 aromatic heterocycles. The van der Waals surface area contributed by atoms with Gasteiger partial charge in [-0.2, -0.15) is 0 Å². The van der Waals surface area contributed by atoms with Crippen LogP contribution in [-0.4, -0.2) is 24.0 Å². The molecule has 3 aromatic rings. The van der Waals surface area contributed by atoms with E-state index in [0.717, 1.165) is 30.3 Å². The van der Waals surface area contributed by atoms with Gasteiger partial charge in [-0.05, 0) is 60.9 Å². The molecule has 1 saturated heterocycles. The first kappa shape index (κ1) is 19.5. The fourth-order valence-electron chi connectivity index (χ4n) is 3.54. The van der Waals surface area contributed by atoms with Crippen LogP contribution in [0.5, 0.6) is 0 Å². The lowest BCUT2D eigenvalue weighted by Gasteiger charge is -2.18. The maximum atomic E-state index is 12.3. The van der Waals surface area contributed by atoms with Crippen molar-refractivity contribution in [1.82, 2.24) is 4.98 Å². The van der Waals surface area contributed by atoms with Crippen molar-refractivity contribution in [2.75, 3.05) is 23.3 Å². The zero-order chi connectivity index (χ0) is 20.2. The van der Waals surface area contributed by atoms with E-state index in [9.17, 15) is 4.79 Å². The molecule has 1 atom stereocenters. The third-order valence-corrected chi connectivity index (χ3v) is 5.44. The predicted molar refractivity (Wildman–Crippen MR) is 116 cm³/mol. The summed E-state index contributed by atoms with van der Waals surface area (Å²) in [7, 11) is 0. The number of anilines is 2. The van der Waals surface area contributed by atoms with E-state index in [0.29, 0.717) is 29.5 Å². The Morgan fingerprint density at radius 2 is 1.97 bits per heavy atom. The van der Waals surface area contributed by atoms with Gasteiger partial charge in [0.05, 0.1) is 6.20 Å². The lowest BCUT2D eigenvalue weighted by atomic mass is 10.2. The largest absolute Gasteiger partial charge is 0.441 e. The van der Waals surface area contributed by atoms with Crippen LogP contribution >= 0.6 is 11.6 Å². The number of nitrogens with zero attached hydrogens (tertiary/aromatic N) is 2. The highest BCUT2D eigenvalue weighted by atomic mass is 35.5. The molecule has 1 unspecified atom stereocenters. The zero-order valence-electron chi connectivity index (χ0n) is 16.4. The molecule has 1 aliphatic rings. The Morgan fingerprint density at radius 1 is 1.21 bits per heavy atom. The standard InChI is InChI=1S/C23H24ClN3O2/c1-16-12-13-27(15-16)20-8-6-19(7-9-20)26-22(28)10-11-23-25-14-21(29-23)17-2-4-18(24)5-3-17/h2-9,14,16H,10-13,15H2,1H3,(H,26,28). The van der Waals surface area contributed by atoms with E-state index in [1.165, 1.54) is 12.1 Å². The summed E-state index contributed by atoms with van der Waals surface area (Å²) >= 11 is 5.91. The normalized spacial score (nSPS) is 16.2. The number of aromatic nitrogens is 1. The fourth-order valence-corrected chi connectivity index (χ4v) is 3.67. The van der Waals surface area contributed by atoms with Gasteiger partial charge in [0.15, 0.2) is 11.7 Å². The molecule has 0 spiro atoms. The molecule has 29 heavy (non-hydrogen) atoms. The van der Waals surface area contributed by atoms with Gasteiger partial charge >= 0.3 is 0 Å². The maximum absolute atomic E-state index is 12.3. The van der Waals surface area contributed by atoms with Crippen molar-refractivity contribution in [2.45, 2.75) is 26.2 Å². The highest BCUT2D eigenvalue weighted by Crippen LogP contribution is 2.25. The second kappa shape index (κ2) is 8.70. The Balaban J connectivity index is 1.28. The van der Waals surface area contributed by atoms with Gasteiger partial charge in [0.2, 0.25) is 5.91 Å². The van der Waals surface area contributed by atoms with Gasteiger partial charge in [-0.3, -0.25) is 4.79 Å². The van der Waals surface area contributed by atoms with E-state index in [2.05, 4.69) is 34.3 Å². The Kier molecular flexibility index (Phi) is 5.86. The lowest BCUT2D eigenvalue weighted by molar-refractivity contribution is -0.116. The number of hydrogen-bond acceptors (Lipinski definition) is 4. The minimum Gasteiger partial charge on any atom is -0.441 e. The molecule has 6 heteroatoms. The van der Waals surface area contributed by atoms with Crippen LogP contribution in [0.25, 0.3) is 11.3 Å². The molecular formula is C23H24ClN3O2. The number of oxazole rings is 1. The Bertz CT molecular complexity index is 967. The summed E-state index contributed by atoms with van der Waals surface area (Å²) in [5.41, 5.74) is 2.92. The molecule has 0 saturated carbocycles. The highest BCUT2D eigenvalue weighted by molar-refractivity contribution is 6.30. The van der Waals surface area contributed by atoms with Crippen molar-refractivity contribution in [3.05, 3.63) is 65.6 Å². The topological polar surface area (TPSA) is 58.4 Å². The Labute approximate surface area is 175 Å². The molecule has 0 radical (unpaired) electrons. The maximum Gasteiger partial charge on any atom is 0.224 e. The average Bonchev–Trinajstić information content (AvgIpc) is 3.37. The molecule has 5 nitrogen and oxygen atoms in total. The van der Waals surface area contributed by atoms with Crippen LogP contribution < -0.4 is 10.2 Å². The first-order valence-corrected chi connectivity index (χ1v) is 10.3. The highest BCUT2D eigenvalue weighted by Gasteiger charge is 2.18. The van der Waals surface area contributed by atoms with Gasteiger partial charge in [0.25, 0.3) is 0 Å². The summed E-state index contributed by atoms with van der Waals surface area (Å²) in [6, 6.07) is 15.4. The SMILES string of the molecule is CC1CCN(c2ccc(NC(=O)CCc3ncc(-c4ccc(Cl)cc4)o3)cc2)C1. The number of rotatable bonds is 6. The van der Waals surface area contributed by atoms with Crippen molar-refractivity contribution < 1.29 is 9.21 Å². The van der Waals surface area contributed by atoms with Crippen LogP contribution in [0.1, 0.15) is 25.7 Å². The molecule has 1 aliphatic heterocycles. The molecular weight excluding hydrogens is 386 g/mol. The number of halogens is 1. The van der Waals surface area contributed by atoms with Crippen LogP contribution in [0.3, 0.4) is 0 Å². The van der Waals surface area contributed by atoms with E-state index >= 15 is 0 Å². The molecule has 150 valence electrons. The van der Waals surface area contributed by atoms with Crippen LogP contribution in [-0.2, 0) is 11.2 Å². The lowest BCUT2D eigenvalue weighted by Crippen LogP contribution is -2.19. The van der Waals surface area contributed by atoms with E-state index in [-0.39, 0.29) is 5.91 Å². The molecule has 0 bridgehead atoms. The number of carbonyl (C=O) groups excluding carboxylic acids is 1. The van der Waals surface area contributed by atoms with Gasteiger partial charge in [-0.1, -0.05) is 18.5 Å². The summed E-state index contributed by atoms with van der Waals surface area (Å²) in [6.45, 7) is 4.47. The van der Waals surface area contributed by atoms with Crippen LogP contribution in [0.4, 0.5) is 11.4 Å². The monoisotopic (exact) mass is 409 g/mol. The van der Waals surface area contributed by atoms with E-state index in [1.54, 1.807) is 6.20 Å². The van der Waals surface area contributed by atoms with Gasteiger partial charge in [-0.25, -0.2) is 4.98 Å². The van der Waals surface area contributed by atoms with E-state index in [1.807, 2.05) is 36.4 Å². The molecule has 1 amide bonds. The number of amides is 1. The minimum absolute atomic E-state index is 0.0567. The molecule has 1 N–H and O–H groups in total. The molecule has 4 rings (SSSR count). The van der Waals surface area contributed by atoms with Gasteiger partial charge in [0, 0.05) is 47.9 Å². The summed E-state index contributed by atoms with van der Waals surface area (Å²) in [6.07, 6.45) is 3.67. The van der Waals surface area contributed by atoms with Crippen molar-refractivity contribution >= 4 is 28.9 Å². The second-order valence-electron chi connectivity index (χ2n) is 7.56. The smallest absolute Gasteiger partial charge is 0.224 e. The van der Waals surface area contributed by atoms with Gasteiger partial charge in [0.1, 0.15) is 0 Å². The average molecular weight is 410 g/mol. The third kappa shape index (κ3) is 4.98. The second-order valence-corrected chi connectivity index (χ2v) is 8.00. The molecule has 2 heterocycles. The summed E-state index contributed by atoms with van der Waals surface area (Å²) in [4.78, 5) is 18.9. The summed E-state index contributed by atoms with van der Waals surface area (Å²) < 4.78 is 5.75. The van der Waals surface area contributed by atoms with Crippen LogP contribution in [0.2, 0.25) is 5.02 Å². The van der Waals surface area contributed by atoms with Crippen LogP contribution in [0.15, 0.2) is 59.1 Å². The molecule has 1 fully saturated rings. The van der Waals surface area contributed by atoms with E-state index in [4.69, 9.17) is 16.0 Å². The van der Waals surface area contributed by atoms with Crippen LogP contribution in [0, 0.1) is 5.92 Å². The number of hydrogen-bond donors (Lipinski definition) is 1.